The highest BCUT2D eigenvalue weighted by atomic mass is 16.5. The highest BCUT2D eigenvalue weighted by molar-refractivity contribution is 5.70. The third-order valence-electron chi connectivity index (χ3n) is 13.9. The predicted molar refractivity (Wildman–Crippen MR) is 260 cm³/mol. The zero-order chi connectivity index (χ0) is 43.7. The number of carbonyl (C=O) groups is 2. The molecule has 0 heterocycles. The van der Waals surface area contributed by atoms with Crippen molar-refractivity contribution in [3.05, 3.63) is 0 Å². The lowest BCUT2D eigenvalue weighted by Crippen LogP contribution is -2.52. The van der Waals surface area contributed by atoms with E-state index in [2.05, 4.69) is 51.6 Å². The molecule has 0 aromatic rings. The van der Waals surface area contributed by atoms with E-state index in [0.29, 0.717) is 63.1 Å². The molecule has 0 bridgehead atoms. The van der Waals surface area contributed by atoms with Crippen molar-refractivity contribution in [3.8, 4) is 0 Å². The fourth-order valence-corrected chi connectivity index (χ4v) is 9.78. The molecule has 0 N–H and O–H groups in total. The lowest BCUT2D eigenvalue weighted by atomic mass is 9.88. The Balaban J connectivity index is 2.75. The van der Waals surface area contributed by atoms with E-state index in [-0.39, 0.29) is 11.9 Å². The Kier molecular flexibility index (Phi) is 39.7. The van der Waals surface area contributed by atoms with Gasteiger partial charge in [-0.05, 0) is 64.5 Å². The summed E-state index contributed by atoms with van der Waals surface area (Å²) in [5.74, 6) is 0.815. The number of likely N-dealkylation sites (N-methyl/N-ethyl adjacent to an activating group) is 1. The van der Waals surface area contributed by atoms with Crippen molar-refractivity contribution in [1.29, 1.82) is 0 Å². The SMILES string of the molecule is CCCCCCCCCCC(CCCCCCCC)COC(=O)CCN(CCC(=O)OCC(CCCCCCCC)CCCCCCCCCC)[C@@H]1CCCC[C@H]1N(C)C. The van der Waals surface area contributed by atoms with Crippen LogP contribution < -0.4 is 0 Å². The summed E-state index contributed by atoms with van der Waals surface area (Å²) in [5.41, 5.74) is 0. The highest BCUT2D eigenvalue weighted by Crippen LogP contribution is 2.27. The van der Waals surface area contributed by atoms with Gasteiger partial charge in [0.25, 0.3) is 0 Å². The van der Waals surface area contributed by atoms with E-state index in [4.69, 9.17) is 9.47 Å². The number of esters is 2. The molecule has 0 aromatic carbocycles. The van der Waals surface area contributed by atoms with Gasteiger partial charge in [0.1, 0.15) is 0 Å². The maximum atomic E-state index is 13.4. The Bertz CT molecular complexity index is 883. The topological polar surface area (TPSA) is 59.1 Å². The van der Waals surface area contributed by atoms with Crippen LogP contribution >= 0.6 is 0 Å². The van der Waals surface area contributed by atoms with Crippen molar-refractivity contribution in [3.63, 3.8) is 0 Å². The molecule has 1 aliphatic carbocycles. The first kappa shape index (κ1) is 56.9. The highest BCUT2D eigenvalue weighted by Gasteiger charge is 2.32. The van der Waals surface area contributed by atoms with Crippen LogP contribution in [-0.2, 0) is 19.1 Å². The van der Waals surface area contributed by atoms with Gasteiger partial charge in [-0.25, -0.2) is 0 Å². The number of carbonyl (C=O) groups excluding carboxylic acids is 2. The number of hydrogen-bond donors (Lipinski definition) is 0. The lowest BCUT2D eigenvalue weighted by Gasteiger charge is -2.43. The second-order valence-electron chi connectivity index (χ2n) is 19.7. The summed E-state index contributed by atoms with van der Waals surface area (Å²) in [6, 6.07) is 0.784. The average molecular weight is 847 g/mol. The van der Waals surface area contributed by atoms with Gasteiger partial charge in [-0.3, -0.25) is 14.5 Å². The van der Waals surface area contributed by atoms with E-state index in [9.17, 15) is 9.59 Å². The summed E-state index contributed by atoms with van der Waals surface area (Å²) in [6.45, 7) is 11.6. The zero-order valence-electron chi connectivity index (χ0n) is 41.5. The molecule has 0 spiro atoms. The summed E-state index contributed by atoms with van der Waals surface area (Å²) in [5, 5.41) is 0. The number of nitrogens with zero attached hydrogens (tertiary/aromatic N) is 2. The van der Waals surface area contributed by atoms with Gasteiger partial charge in [-0.15, -0.1) is 0 Å². The molecule has 6 nitrogen and oxygen atoms in total. The molecule has 4 atom stereocenters. The number of ether oxygens (including phenoxy) is 2. The molecular formula is C54H106N2O4. The molecular weight excluding hydrogens is 741 g/mol. The second kappa shape index (κ2) is 41.8. The predicted octanol–water partition coefficient (Wildman–Crippen LogP) is 15.8. The Morgan fingerprint density at radius 3 is 1.02 bits per heavy atom. The van der Waals surface area contributed by atoms with Gasteiger partial charge in [-0.1, -0.05) is 220 Å². The van der Waals surface area contributed by atoms with Crippen LogP contribution in [0.1, 0.15) is 272 Å². The minimum atomic E-state index is -0.0674. The third-order valence-corrected chi connectivity index (χ3v) is 13.9. The summed E-state index contributed by atoms with van der Waals surface area (Å²) in [7, 11) is 4.38. The zero-order valence-corrected chi connectivity index (χ0v) is 41.5. The molecule has 0 radical (unpaired) electrons. The molecule has 60 heavy (non-hydrogen) atoms. The van der Waals surface area contributed by atoms with Gasteiger partial charge < -0.3 is 14.4 Å². The standard InChI is InChI=1S/C54H106N2O4/c1-7-11-15-19-23-25-29-33-39-49(37-31-27-21-17-13-9-3)47-59-53(57)43-45-56(52-42-36-35-41-51(52)55(5)6)46-44-54(58)60-48-50(38-32-28-22-18-14-10-4)40-34-30-26-24-20-16-12-8-2/h49-52H,7-48H2,1-6H3/t49?,50?,51-,52-/m1/s1. The maximum Gasteiger partial charge on any atom is 0.307 e. The summed E-state index contributed by atoms with van der Waals surface area (Å²) in [4.78, 5) is 31.6. The molecule has 356 valence electrons. The molecule has 0 amide bonds. The molecule has 0 saturated heterocycles. The summed E-state index contributed by atoms with van der Waals surface area (Å²) < 4.78 is 12.2. The minimum Gasteiger partial charge on any atom is -0.465 e. The maximum absolute atomic E-state index is 13.4. The lowest BCUT2D eigenvalue weighted by molar-refractivity contribution is -0.146. The van der Waals surface area contributed by atoms with Crippen LogP contribution in [0.25, 0.3) is 0 Å². The van der Waals surface area contributed by atoms with Crippen molar-refractivity contribution < 1.29 is 19.1 Å². The first-order valence-electron chi connectivity index (χ1n) is 27.1. The van der Waals surface area contributed by atoms with E-state index >= 15 is 0 Å². The van der Waals surface area contributed by atoms with Crippen LogP contribution in [0, 0.1) is 11.8 Å². The van der Waals surface area contributed by atoms with Crippen LogP contribution in [0.3, 0.4) is 0 Å². The summed E-state index contributed by atoms with van der Waals surface area (Å²) >= 11 is 0. The fraction of sp³-hybridized carbons (Fsp3) is 0.963. The molecule has 0 aliphatic heterocycles. The number of hydrogen-bond acceptors (Lipinski definition) is 6. The Morgan fingerprint density at radius 2 is 0.717 bits per heavy atom. The Labute approximate surface area is 375 Å². The first-order chi connectivity index (χ1) is 29.4. The van der Waals surface area contributed by atoms with Crippen LogP contribution in [0.4, 0.5) is 0 Å². The van der Waals surface area contributed by atoms with Gasteiger partial charge in [0.15, 0.2) is 0 Å². The van der Waals surface area contributed by atoms with E-state index in [0.717, 1.165) is 6.42 Å². The van der Waals surface area contributed by atoms with Crippen molar-refractivity contribution in [1.82, 2.24) is 9.80 Å². The fourth-order valence-electron chi connectivity index (χ4n) is 9.78. The van der Waals surface area contributed by atoms with Crippen molar-refractivity contribution >= 4 is 11.9 Å². The molecule has 0 aromatic heterocycles. The molecule has 6 heteroatoms. The van der Waals surface area contributed by atoms with Crippen LogP contribution in [0.5, 0.6) is 0 Å². The monoisotopic (exact) mass is 847 g/mol. The number of unbranched alkanes of at least 4 members (excludes halogenated alkanes) is 24. The van der Waals surface area contributed by atoms with E-state index in [1.165, 1.54) is 225 Å². The van der Waals surface area contributed by atoms with E-state index < -0.39 is 0 Å². The molecule has 1 rings (SSSR count). The van der Waals surface area contributed by atoms with Gasteiger partial charge >= 0.3 is 11.9 Å². The first-order valence-corrected chi connectivity index (χ1v) is 27.1. The van der Waals surface area contributed by atoms with Gasteiger partial charge in [0, 0.05) is 25.2 Å². The number of rotatable bonds is 44. The Morgan fingerprint density at radius 1 is 0.433 bits per heavy atom. The normalized spacial score (nSPS) is 16.7. The quantitative estimate of drug-likeness (QED) is 0.0450. The molecule has 1 fully saturated rings. The van der Waals surface area contributed by atoms with E-state index in [1.54, 1.807) is 0 Å². The van der Waals surface area contributed by atoms with Crippen molar-refractivity contribution in [2.45, 2.75) is 284 Å². The third kappa shape index (κ3) is 32.5. The van der Waals surface area contributed by atoms with Crippen LogP contribution in [-0.4, -0.2) is 74.2 Å². The molecule has 1 saturated carbocycles. The van der Waals surface area contributed by atoms with Crippen LogP contribution in [0.15, 0.2) is 0 Å². The molecule has 2 unspecified atom stereocenters. The van der Waals surface area contributed by atoms with Crippen LogP contribution in [0.2, 0.25) is 0 Å². The smallest absolute Gasteiger partial charge is 0.307 e. The summed E-state index contributed by atoms with van der Waals surface area (Å²) in [6.07, 6.45) is 47.3. The largest absolute Gasteiger partial charge is 0.465 e. The molecule has 1 aliphatic rings. The van der Waals surface area contributed by atoms with Gasteiger partial charge in [0.2, 0.25) is 0 Å². The second-order valence-corrected chi connectivity index (χ2v) is 19.7. The van der Waals surface area contributed by atoms with Crippen molar-refractivity contribution in [2.24, 2.45) is 11.8 Å². The van der Waals surface area contributed by atoms with Crippen molar-refractivity contribution in [2.75, 3.05) is 40.4 Å². The van der Waals surface area contributed by atoms with E-state index in [1.807, 2.05) is 0 Å². The average Bonchev–Trinajstić information content (AvgIpc) is 3.25. The minimum absolute atomic E-state index is 0.0674. The van der Waals surface area contributed by atoms with Gasteiger partial charge in [0.05, 0.1) is 26.1 Å². The Hall–Kier alpha value is -1.14. The van der Waals surface area contributed by atoms with Gasteiger partial charge in [-0.2, -0.15) is 0 Å².